The first-order chi connectivity index (χ1) is 7.11. The molecular formula is C13H14FN. The molecule has 0 unspecified atom stereocenters. The Labute approximate surface area is 89.1 Å². The number of halogens is 1. The molecule has 1 aromatic carbocycles. The lowest BCUT2D eigenvalue weighted by molar-refractivity contribution is 0.625. The first-order valence-electron chi connectivity index (χ1n) is 5.02. The molecule has 0 heterocycles. The second-order valence-corrected chi connectivity index (χ2v) is 3.95. The number of rotatable bonds is 1. The Hall–Kier alpha value is -1.57. The summed E-state index contributed by atoms with van der Waals surface area (Å²) in [6.07, 6.45) is 3.01. The zero-order valence-electron chi connectivity index (χ0n) is 8.97. The molecule has 0 aromatic heterocycles. The number of hydrogen-bond acceptors (Lipinski definition) is 1. The summed E-state index contributed by atoms with van der Waals surface area (Å²) < 4.78 is 13.7. The van der Waals surface area contributed by atoms with E-state index in [4.69, 9.17) is 5.73 Å². The van der Waals surface area contributed by atoms with E-state index in [2.05, 4.69) is 6.08 Å². The lowest BCUT2D eigenvalue weighted by Gasteiger charge is -2.11. The molecule has 1 aliphatic rings. The first-order valence-corrected chi connectivity index (χ1v) is 5.02. The first kappa shape index (κ1) is 9.97. The number of benzene rings is 1. The molecule has 0 bridgehead atoms. The van der Waals surface area contributed by atoms with Crippen molar-refractivity contribution in [2.24, 2.45) is 0 Å². The average molecular weight is 203 g/mol. The molecule has 0 saturated carbocycles. The van der Waals surface area contributed by atoms with Crippen molar-refractivity contribution in [2.45, 2.75) is 20.3 Å². The Morgan fingerprint density at radius 2 is 2.00 bits per heavy atom. The van der Waals surface area contributed by atoms with Gasteiger partial charge in [0, 0.05) is 11.3 Å². The zero-order chi connectivity index (χ0) is 11.0. The van der Waals surface area contributed by atoms with Crippen molar-refractivity contribution >= 4 is 11.3 Å². The third-order valence-corrected chi connectivity index (χ3v) is 2.83. The number of nitrogens with two attached hydrogens (primary N) is 1. The van der Waals surface area contributed by atoms with Gasteiger partial charge in [0.25, 0.3) is 0 Å². The van der Waals surface area contributed by atoms with Crippen molar-refractivity contribution in [2.75, 3.05) is 5.73 Å². The van der Waals surface area contributed by atoms with Gasteiger partial charge in [0.1, 0.15) is 5.82 Å². The number of allylic oxidation sites excluding steroid dienone is 4. The van der Waals surface area contributed by atoms with Gasteiger partial charge in [-0.15, -0.1) is 0 Å². The van der Waals surface area contributed by atoms with E-state index in [-0.39, 0.29) is 5.82 Å². The Bertz CT molecular complexity index is 449. The second-order valence-electron chi connectivity index (χ2n) is 3.95. The fraction of sp³-hybridized carbons (Fsp3) is 0.231. The highest BCUT2D eigenvalue weighted by atomic mass is 19.1. The predicted molar refractivity (Wildman–Crippen MR) is 61.8 cm³/mol. The lowest BCUT2D eigenvalue weighted by atomic mass is 9.97. The summed E-state index contributed by atoms with van der Waals surface area (Å²) in [6.45, 7) is 4.02. The maximum atomic E-state index is 13.7. The molecule has 0 spiro atoms. The summed E-state index contributed by atoms with van der Waals surface area (Å²) in [5, 5.41) is 0. The van der Waals surface area contributed by atoms with Crippen LogP contribution in [0.2, 0.25) is 0 Å². The fourth-order valence-electron chi connectivity index (χ4n) is 2.06. The van der Waals surface area contributed by atoms with Gasteiger partial charge in [-0.2, -0.15) is 0 Å². The monoisotopic (exact) mass is 203 g/mol. The molecule has 0 saturated heterocycles. The Kier molecular flexibility index (Phi) is 2.35. The molecule has 1 nitrogen and oxygen atoms in total. The van der Waals surface area contributed by atoms with Crippen molar-refractivity contribution < 1.29 is 4.39 Å². The summed E-state index contributed by atoms with van der Waals surface area (Å²) in [5.41, 5.74) is 10.2. The van der Waals surface area contributed by atoms with Crippen molar-refractivity contribution in [3.8, 4) is 0 Å². The van der Waals surface area contributed by atoms with Gasteiger partial charge >= 0.3 is 0 Å². The normalized spacial score (nSPS) is 15.8. The van der Waals surface area contributed by atoms with E-state index < -0.39 is 0 Å². The van der Waals surface area contributed by atoms with Crippen LogP contribution in [0.25, 0.3) is 5.57 Å². The summed E-state index contributed by atoms with van der Waals surface area (Å²) >= 11 is 0. The smallest absolute Gasteiger partial charge is 0.133 e. The van der Waals surface area contributed by atoms with E-state index in [1.54, 1.807) is 12.1 Å². The van der Waals surface area contributed by atoms with E-state index in [0.717, 1.165) is 17.6 Å². The van der Waals surface area contributed by atoms with E-state index in [1.807, 2.05) is 13.8 Å². The van der Waals surface area contributed by atoms with Crippen LogP contribution in [0.4, 0.5) is 10.1 Å². The standard InChI is InChI=1S/C13H14FN/c1-8-6-7-9(2)12(8)13-10(14)4-3-5-11(13)15/h3-6H,7,15H2,1-2H3. The highest BCUT2D eigenvalue weighted by molar-refractivity contribution is 5.88. The summed E-state index contributed by atoms with van der Waals surface area (Å²) in [5.74, 6) is -0.237. The Balaban J connectivity index is 2.65. The number of anilines is 1. The lowest BCUT2D eigenvalue weighted by Crippen LogP contribution is -1.98. The fourth-order valence-corrected chi connectivity index (χ4v) is 2.06. The molecule has 0 fully saturated rings. The van der Waals surface area contributed by atoms with Crippen LogP contribution in [0.5, 0.6) is 0 Å². The van der Waals surface area contributed by atoms with Crippen molar-refractivity contribution in [3.05, 3.63) is 46.8 Å². The summed E-state index contributed by atoms with van der Waals surface area (Å²) in [7, 11) is 0. The van der Waals surface area contributed by atoms with Crippen LogP contribution in [0, 0.1) is 5.82 Å². The van der Waals surface area contributed by atoms with Gasteiger partial charge in [0.15, 0.2) is 0 Å². The maximum Gasteiger partial charge on any atom is 0.133 e. The molecule has 0 aliphatic heterocycles. The third-order valence-electron chi connectivity index (χ3n) is 2.83. The highest BCUT2D eigenvalue weighted by Gasteiger charge is 2.18. The largest absolute Gasteiger partial charge is 0.398 e. The van der Waals surface area contributed by atoms with Gasteiger partial charge in [-0.3, -0.25) is 0 Å². The minimum absolute atomic E-state index is 0.237. The minimum Gasteiger partial charge on any atom is -0.398 e. The molecule has 0 radical (unpaired) electrons. The van der Waals surface area contributed by atoms with Crippen LogP contribution in [-0.4, -0.2) is 0 Å². The quantitative estimate of drug-likeness (QED) is 0.694. The molecule has 1 aliphatic carbocycles. The van der Waals surface area contributed by atoms with Gasteiger partial charge in [0.2, 0.25) is 0 Å². The molecule has 2 rings (SSSR count). The van der Waals surface area contributed by atoms with Crippen molar-refractivity contribution in [3.63, 3.8) is 0 Å². The molecular weight excluding hydrogens is 189 g/mol. The average Bonchev–Trinajstić information content (AvgIpc) is 2.49. The highest BCUT2D eigenvalue weighted by Crippen LogP contribution is 2.37. The van der Waals surface area contributed by atoms with Crippen molar-refractivity contribution in [1.29, 1.82) is 0 Å². The van der Waals surface area contributed by atoms with Gasteiger partial charge in [-0.05, 0) is 43.5 Å². The molecule has 2 N–H and O–H groups in total. The Morgan fingerprint density at radius 3 is 2.53 bits per heavy atom. The predicted octanol–water partition coefficient (Wildman–Crippen LogP) is 3.53. The van der Waals surface area contributed by atoms with Crippen molar-refractivity contribution in [1.82, 2.24) is 0 Å². The third kappa shape index (κ3) is 1.56. The molecule has 0 atom stereocenters. The van der Waals surface area contributed by atoms with Crippen LogP contribution in [0.3, 0.4) is 0 Å². The number of nitrogen functional groups attached to an aromatic ring is 1. The van der Waals surface area contributed by atoms with Crippen LogP contribution in [0.1, 0.15) is 25.8 Å². The molecule has 2 heteroatoms. The van der Waals surface area contributed by atoms with E-state index in [1.165, 1.54) is 11.6 Å². The summed E-state index contributed by atoms with van der Waals surface area (Å²) in [4.78, 5) is 0. The van der Waals surface area contributed by atoms with Gasteiger partial charge in [0.05, 0.1) is 0 Å². The van der Waals surface area contributed by atoms with E-state index in [0.29, 0.717) is 11.3 Å². The van der Waals surface area contributed by atoms with Crippen LogP contribution in [-0.2, 0) is 0 Å². The van der Waals surface area contributed by atoms with Crippen LogP contribution >= 0.6 is 0 Å². The van der Waals surface area contributed by atoms with E-state index in [9.17, 15) is 4.39 Å². The second kappa shape index (κ2) is 3.54. The van der Waals surface area contributed by atoms with Gasteiger partial charge in [-0.1, -0.05) is 17.7 Å². The zero-order valence-corrected chi connectivity index (χ0v) is 8.97. The Morgan fingerprint density at radius 1 is 1.27 bits per heavy atom. The summed E-state index contributed by atoms with van der Waals surface area (Å²) in [6, 6.07) is 4.83. The number of hydrogen-bond donors (Lipinski definition) is 1. The molecule has 15 heavy (non-hydrogen) atoms. The topological polar surface area (TPSA) is 26.0 Å². The minimum atomic E-state index is -0.237. The van der Waals surface area contributed by atoms with Gasteiger partial charge < -0.3 is 5.73 Å². The molecule has 78 valence electrons. The molecule has 1 aromatic rings. The SMILES string of the molecule is CC1=CCC(C)=C1c1c(N)cccc1F. The van der Waals surface area contributed by atoms with E-state index >= 15 is 0 Å². The van der Waals surface area contributed by atoms with Gasteiger partial charge in [-0.25, -0.2) is 4.39 Å². The van der Waals surface area contributed by atoms with Crippen LogP contribution in [0.15, 0.2) is 35.4 Å². The molecule has 0 amide bonds. The maximum absolute atomic E-state index is 13.7. The van der Waals surface area contributed by atoms with Crippen LogP contribution < -0.4 is 5.73 Å².